The van der Waals surface area contributed by atoms with E-state index in [0.717, 1.165) is 0 Å². The monoisotopic (exact) mass is 282 g/mol. The fourth-order valence-electron chi connectivity index (χ4n) is 1.69. The average molecular weight is 282 g/mol. The van der Waals surface area contributed by atoms with Gasteiger partial charge >= 0.3 is 12.0 Å². The van der Waals surface area contributed by atoms with Crippen LogP contribution in [0.3, 0.4) is 0 Å². The molecule has 0 fully saturated rings. The van der Waals surface area contributed by atoms with Crippen molar-refractivity contribution in [2.45, 2.75) is 33.2 Å². The molecule has 1 rings (SSSR count). The Kier molecular flexibility index (Phi) is 5.49. The molecule has 0 saturated carbocycles. The topological polar surface area (TPSA) is 78.4 Å². The summed E-state index contributed by atoms with van der Waals surface area (Å²) in [6, 6.07) is 2.64. The van der Waals surface area contributed by atoms with Crippen LogP contribution in [-0.2, 0) is 4.79 Å². The second-order valence-corrected chi connectivity index (χ2v) is 5.08. The first kappa shape index (κ1) is 15.9. The van der Waals surface area contributed by atoms with Crippen LogP contribution in [0, 0.1) is 18.7 Å². The van der Waals surface area contributed by atoms with Gasteiger partial charge in [0.15, 0.2) is 0 Å². The van der Waals surface area contributed by atoms with E-state index >= 15 is 0 Å². The molecule has 5 nitrogen and oxygen atoms in total. The number of amides is 2. The first-order valence-corrected chi connectivity index (χ1v) is 6.36. The van der Waals surface area contributed by atoms with Crippen LogP contribution in [0.15, 0.2) is 18.2 Å². The van der Waals surface area contributed by atoms with Crippen molar-refractivity contribution in [2.24, 2.45) is 5.92 Å². The maximum absolute atomic E-state index is 13.3. The number of carbonyl (C=O) groups is 2. The molecule has 6 heteroatoms. The van der Waals surface area contributed by atoms with Crippen molar-refractivity contribution in [3.05, 3.63) is 29.6 Å². The number of halogens is 1. The fourth-order valence-corrected chi connectivity index (χ4v) is 1.69. The van der Waals surface area contributed by atoms with Crippen molar-refractivity contribution in [3.8, 4) is 0 Å². The molecule has 0 aliphatic carbocycles. The second kappa shape index (κ2) is 6.88. The maximum Gasteiger partial charge on any atom is 0.326 e. The number of aliphatic carboxylic acids is 1. The molecule has 1 aromatic rings. The lowest BCUT2D eigenvalue weighted by Gasteiger charge is -2.17. The number of benzene rings is 1. The lowest BCUT2D eigenvalue weighted by molar-refractivity contribution is -0.139. The van der Waals surface area contributed by atoms with E-state index in [2.05, 4.69) is 10.6 Å². The molecule has 0 bridgehead atoms. The molecular weight excluding hydrogens is 263 g/mol. The molecule has 0 aliphatic heterocycles. The summed E-state index contributed by atoms with van der Waals surface area (Å²) in [6.45, 7) is 5.35. The van der Waals surface area contributed by atoms with Crippen LogP contribution in [0.25, 0.3) is 0 Å². The number of urea groups is 1. The Hall–Kier alpha value is -2.11. The van der Waals surface area contributed by atoms with Gasteiger partial charge in [0.2, 0.25) is 0 Å². The third-order valence-corrected chi connectivity index (χ3v) is 2.74. The first-order valence-electron chi connectivity index (χ1n) is 6.36. The summed E-state index contributed by atoms with van der Waals surface area (Å²) in [5, 5.41) is 13.8. The Bertz CT molecular complexity index is 503. The lowest BCUT2D eigenvalue weighted by atomic mass is 10.0. The molecule has 0 radical (unpaired) electrons. The summed E-state index contributed by atoms with van der Waals surface area (Å²) >= 11 is 0. The number of hydrogen-bond donors (Lipinski definition) is 3. The number of rotatable bonds is 5. The van der Waals surface area contributed by atoms with Crippen molar-refractivity contribution in [1.82, 2.24) is 5.32 Å². The molecule has 0 aromatic heterocycles. The number of hydrogen-bond acceptors (Lipinski definition) is 2. The minimum Gasteiger partial charge on any atom is -0.480 e. The zero-order valence-corrected chi connectivity index (χ0v) is 11.7. The Labute approximate surface area is 117 Å². The maximum atomic E-state index is 13.3. The Morgan fingerprint density at radius 3 is 2.50 bits per heavy atom. The van der Waals surface area contributed by atoms with E-state index < -0.39 is 23.9 Å². The van der Waals surface area contributed by atoms with Crippen molar-refractivity contribution >= 4 is 17.7 Å². The predicted octanol–water partition coefficient (Wildman–Crippen LogP) is 2.75. The number of carboxylic acids is 1. The minimum atomic E-state index is -1.09. The molecule has 0 spiro atoms. The minimum absolute atomic E-state index is 0.133. The van der Waals surface area contributed by atoms with E-state index in [1.807, 2.05) is 13.8 Å². The number of aryl methyl sites for hydroxylation is 1. The number of carbonyl (C=O) groups excluding carboxylic acids is 1. The standard InChI is InChI=1S/C14H19FN2O3/c1-8(2)6-12(13(18)19)17-14(20)16-10-5-4-9(3)11(15)7-10/h4-5,7-8,12H,6H2,1-3H3,(H,18,19)(H2,16,17,20). The van der Waals surface area contributed by atoms with Crippen LogP contribution in [0.1, 0.15) is 25.8 Å². The average Bonchev–Trinajstić information content (AvgIpc) is 2.32. The van der Waals surface area contributed by atoms with Crippen LogP contribution in [0.5, 0.6) is 0 Å². The zero-order valence-electron chi connectivity index (χ0n) is 11.7. The summed E-state index contributed by atoms with van der Waals surface area (Å²) in [4.78, 5) is 22.7. The van der Waals surface area contributed by atoms with E-state index in [4.69, 9.17) is 5.11 Å². The summed E-state index contributed by atoms with van der Waals surface area (Å²) in [5.74, 6) is -1.39. The third-order valence-electron chi connectivity index (χ3n) is 2.74. The van der Waals surface area contributed by atoms with Crippen LogP contribution < -0.4 is 10.6 Å². The van der Waals surface area contributed by atoms with E-state index in [9.17, 15) is 14.0 Å². The Balaban J connectivity index is 2.65. The predicted molar refractivity (Wildman–Crippen MR) is 74.2 cm³/mol. The van der Waals surface area contributed by atoms with Crippen molar-refractivity contribution in [2.75, 3.05) is 5.32 Å². The fraction of sp³-hybridized carbons (Fsp3) is 0.429. The highest BCUT2D eigenvalue weighted by Gasteiger charge is 2.21. The van der Waals surface area contributed by atoms with Crippen molar-refractivity contribution < 1.29 is 19.1 Å². The Morgan fingerprint density at radius 2 is 2.00 bits per heavy atom. The van der Waals surface area contributed by atoms with E-state index in [-0.39, 0.29) is 11.6 Å². The van der Waals surface area contributed by atoms with Gasteiger partial charge in [-0.2, -0.15) is 0 Å². The summed E-state index contributed by atoms with van der Waals surface area (Å²) in [7, 11) is 0. The van der Waals surface area contributed by atoms with Crippen LogP contribution in [0.2, 0.25) is 0 Å². The number of anilines is 1. The highest BCUT2D eigenvalue weighted by molar-refractivity contribution is 5.92. The van der Waals surface area contributed by atoms with Gasteiger partial charge in [0.1, 0.15) is 11.9 Å². The molecule has 0 heterocycles. The van der Waals surface area contributed by atoms with Gasteiger partial charge in [-0.1, -0.05) is 19.9 Å². The lowest BCUT2D eigenvalue weighted by Crippen LogP contribution is -2.43. The van der Waals surface area contributed by atoms with Gasteiger partial charge < -0.3 is 15.7 Å². The molecule has 20 heavy (non-hydrogen) atoms. The Morgan fingerprint density at radius 1 is 1.35 bits per heavy atom. The van der Waals surface area contributed by atoms with Gasteiger partial charge in [0.05, 0.1) is 0 Å². The molecule has 1 unspecified atom stereocenters. The van der Waals surface area contributed by atoms with E-state index in [0.29, 0.717) is 12.0 Å². The highest BCUT2D eigenvalue weighted by Crippen LogP contribution is 2.13. The van der Waals surface area contributed by atoms with Gasteiger partial charge in [-0.05, 0) is 37.0 Å². The second-order valence-electron chi connectivity index (χ2n) is 5.08. The van der Waals surface area contributed by atoms with E-state index in [1.165, 1.54) is 12.1 Å². The van der Waals surface area contributed by atoms with E-state index in [1.54, 1.807) is 13.0 Å². The SMILES string of the molecule is Cc1ccc(NC(=O)NC(CC(C)C)C(=O)O)cc1F. The van der Waals surface area contributed by atoms with Crippen LogP contribution >= 0.6 is 0 Å². The summed E-state index contributed by atoms with van der Waals surface area (Å²) in [6.07, 6.45) is 0.324. The molecule has 1 aromatic carbocycles. The van der Waals surface area contributed by atoms with Crippen molar-refractivity contribution in [1.29, 1.82) is 0 Å². The number of nitrogens with one attached hydrogen (secondary N) is 2. The normalized spacial score (nSPS) is 12.1. The van der Waals surface area contributed by atoms with Gasteiger partial charge in [-0.3, -0.25) is 0 Å². The quantitative estimate of drug-likeness (QED) is 0.777. The summed E-state index contributed by atoms with van der Waals surface area (Å²) in [5.41, 5.74) is 0.749. The van der Waals surface area contributed by atoms with Gasteiger partial charge in [-0.15, -0.1) is 0 Å². The molecule has 0 aliphatic rings. The molecule has 1 atom stereocenters. The number of carboxylic acid groups (broad SMARTS) is 1. The molecule has 2 amide bonds. The van der Waals surface area contributed by atoms with Crippen molar-refractivity contribution in [3.63, 3.8) is 0 Å². The largest absolute Gasteiger partial charge is 0.480 e. The van der Waals surface area contributed by atoms with Gasteiger partial charge in [-0.25, -0.2) is 14.0 Å². The third kappa shape index (κ3) is 4.87. The summed E-state index contributed by atoms with van der Waals surface area (Å²) < 4.78 is 13.3. The molecule has 110 valence electrons. The molecular formula is C14H19FN2O3. The van der Waals surface area contributed by atoms with Crippen LogP contribution in [0.4, 0.5) is 14.9 Å². The highest BCUT2D eigenvalue weighted by atomic mass is 19.1. The first-order chi connectivity index (χ1) is 9.29. The van der Waals surface area contributed by atoms with Gasteiger partial charge in [0, 0.05) is 5.69 Å². The van der Waals surface area contributed by atoms with Gasteiger partial charge in [0.25, 0.3) is 0 Å². The molecule has 0 saturated heterocycles. The van der Waals surface area contributed by atoms with Crippen LogP contribution in [-0.4, -0.2) is 23.1 Å². The zero-order chi connectivity index (χ0) is 15.3. The smallest absolute Gasteiger partial charge is 0.326 e. The molecule has 3 N–H and O–H groups in total.